The minimum absolute atomic E-state index is 0.0802. The maximum absolute atomic E-state index is 12.4. The van der Waals surface area contributed by atoms with Crippen LogP contribution in [0.3, 0.4) is 0 Å². The molecule has 0 amide bonds. The van der Waals surface area contributed by atoms with Gasteiger partial charge in [0.25, 0.3) is 5.69 Å². The largest absolute Gasteiger partial charge is 0.465 e. The number of hydrogen-bond donors (Lipinski definition) is 0. The summed E-state index contributed by atoms with van der Waals surface area (Å²) in [6.45, 7) is 3.61. The van der Waals surface area contributed by atoms with Crippen molar-refractivity contribution in [3.8, 4) is 0 Å². The lowest BCUT2D eigenvalue weighted by molar-refractivity contribution is -0.384. The smallest absolute Gasteiger partial charge is 0.365 e. The number of methoxy groups -OCH3 is 1. The van der Waals surface area contributed by atoms with E-state index in [-0.39, 0.29) is 17.3 Å². The molecule has 1 atom stereocenters. The standard InChI is InChI=1S/C17H18N4O6S2/c1-5-27-16(23)14-18-20(11-7-6-8-12(9-11)21(24)25)17(29-14)19(3)10(2)13(28-17)15(22)26-4/h6-9H,5H2,1-4H3. The number of carbonyl (C=O) groups excluding carboxylic acids is 2. The van der Waals surface area contributed by atoms with E-state index in [4.69, 9.17) is 9.47 Å². The molecule has 2 aliphatic heterocycles. The third-order valence-corrected chi connectivity index (χ3v) is 7.32. The zero-order valence-corrected chi connectivity index (χ0v) is 17.7. The summed E-state index contributed by atoms with van der Waals surface area (Å²) in [4.78, 5) is 37.4. The molecule has 0 saturated heterocycles. The summed E-state index contributed by atoms with van der Waals surface area (Å²) in [5.74, 6) is -1.12. The summed E-state index contributed by atoms with van der Waals surface area (Å²) in [5.41, 5.74) is 0.903. The monoisotopic (exact) mass is 438 g/mol. The number of allylic oxidation sites excluding steroid dienone is 1. The number of thioether (sulfide) groups is 2. The molecule has 154 valence electrons. The highest BCUT2D eigenvalue weighted by Crippen LogP contribution is 2.58. The van der Waals surface area contributed by atoms with Crippen molar-refractivity contribution in [2.45, 2.75) is 18.2 Å². The number of nitro benzene ring substituents is 1. The SMILES string of the molecule is CCOC(=O)C1=NN(c2cccc([N+](=O)[O-])c2)C2(S1)SC(C(=O)OC)=C(C)N2C. The molecule has 0 bridgehead atoms. The summed E-state index contributed by atoms with van der Waals surface area (Å²) in [7, 11) is 3.04. The van der Waals surface area contributed by atoms with Crippen LogP contribution in [0.25, 0.3) is 0 Å². The van der Waals surface area contributed by atoms with Gasteiger partial charge in [-0.25, -0.2) is 14.6 Å². The first-order valence-electron chi connectivity index (χ1n) is 8.46. The summed E-state index contributed by atoms with van der Waals surface area (Å²) >= 11 is 2.25. The lowest BCUT2D eigenvalue weighted by Crippen LogP contribution is -2.47. The van der Waals surface area contributed by atoms with Crippen LogP contribution in [-0.2, 0) is 19.1 Å². The molecular formula is C17H18N4O6S2. The van der Waals surface area contributed by atoms with Crippen molar-refractivity contribution >= 4 is 51.9 Å². The van der Waals surface area contributed by atoms with Crippen molar-refractivity contribution in [1.29, 1.82) is 0 Å². The van der Waals surface area contributed by atoms with Gasteiger partial charge in [0.15, 0.2) is 0 Å². The Balaban J connectivity index is 2.09. The number of non-ortho nitro benzene ring substituents is 1. The normalized spacial score (nSPS) is 20.9. The van der Waals surface area contributed by atoms with Crippen LogP contribution < -0.4 is 5.01 Å². The zero-order chi connectivity index (χ0) is 21.3. The summed E-state index contributed by atoms with van der Waals surface area (Å²) in [6, 6.07) is 5.90. The van der Waals surface area contributed by atoms with Gasteiger partial charge in [-0.3, -0.25) is 10.1 Å². The predicted molar refractivity (Wildman–Crippen MR) is 110 cm³/mol. The number of benzene rings is 1. The molecule has 0 aromatic heterocycles. The second kappa shape index (κ2) is 7.95. The van der Waals surface area contributed by atoms with Crippen LogP contribution in [0.5, 0.6) is 0 Å². The third kappa shape index (κ3) is 3.53. The molecule has 0 fully saturated rings. The molecule has 0 radical (unpaired) electrons. The Morgan fingerprint density at radius 1 is 1.31 bits per heavy atom. The van der Waals surface area contributed by atoms with E-state index in [2.05, 4.69) is 5.10 Å². The Kier molecular flexibility index (Phi) is 5.75. The van der Waals surface area contributed by atoms with E-state index in [0.717, 1.165) is 23.5 Å². The molecule has 2 heterocycles. The second-order valence-electron chi connectivity index (χ2n) is 5.93. The maximum Gasteiger partial charge on any atom is 0.365 e. The Bertz CT molecular complexity index is 950. The Morgan fingerprint density at radius 3 is 2.66 bits per heavy atom. The van der Waals surface area contributed by atoms with Gasteiger partial charge < -0.3 is 14.4 Å². The Labute approximate surface area is 175 Å². The number of rotatable bonds is 5. The topological polar surface area (TPSA) is 115 Å². The van der Waals surface area contributed by atoms with E-state index >= 15 is 0 Å². The quantitative estimate of drug-likeness (QED) is 0.386. The fourth-order valence-corrected chi connectivity index (χ4v) is 5.67. The number of hydrazone groups is 1. The van der Waals surface area contributed by atoms with Crippen molar-refractivity contribution in [3.63, 3.8) is 0 Å². The van der Waals surface area contributed by atoms with Crippen LogP contribution in [0.4, 0.5) is 11.4 Å². The number of ether oxygens (including phenoxy) is 2. The van der Waals surface area contributed by atoms with Gasteiger partial charge >= 0.3 is 11.9 Å². The van der Waals surface area contributed by atoms with Gasteiger partial charge in [-0.2, -0.15) is 5.10 Å². The average molecular weight is 438 g/mol. The molecule has 12 heteroatoms. The van der Waals surface area contributed by atoms with Crippen molar-refractivity contribution < 1.29 is 24.0 Å². The highest BCUT2D eigenvalue weighted by atomic mass is 32.2. The van der Waals surface area contributed by atoms with Crippen LogP contribution in [0.15, 0.2) is 40.0 Å². The van der Waals surface area contributed by atoms with Crippen LogP contribution in [0.1, 0.15) is 13.8 Å². The predicted octanol–water partition coefficient (Wildman–Crippen LogP) is 2.72. The van der Waals surface area contributed by atoms with Crippen molar-refractivity contribution in [2.24, 2.45) is 5.10 Å². The summed E-state index contributed by atoms with van der Waals surface area (Å²) in [6.07, 6.45) is 0. The molecule has 0 N–H and O–H groups in total. The maximum atomic E-state index is 12.4. The van der Waals surface area contributed by atoms with Crippen molar-refractivity contribution in [3.05, 3.63) is 45.0 Å². The lowest BCUT2D eigenvalue weighted by Gasteiger charge is -2.38. The molecular weight excluding hydrogens is 420 g/mol. The van der Waals surface area contributed by atoms with Gasteiger partial charge in [-0.1, -0.05) is 17.8 Å². The van der Waals surface area contributed by atoms with E-state index in [0.29, 0.717) is 16.3 Å². The Hall–Kier alpha value is -2.73. The van der Waals surface area contributed by atoms with Crippen LogP contribution in [0.2, 0.25) is 0 Å². The van der Waals surface area contributed by atoms with Gasteiger partial charge in [0.05, 0.1) is 24.3 Å². The molecule has 10 nitrogen and oxygen atoms in total. The Morgan fingerprint density at radius 2 is 2.03 bits per heavy atom. The van der Waals surface area contributed by atoms with Crippen molar-refractivity contribution in [1.82, 2.24) is 4.90 Å². The molecule has 0 saturated carbocycles. The van der Waals surface area contributed by atoms with Gasteiger partial charge in [0.1, 0.15) is 4.91 Å². The van der Waals surface area contributed by atoms with E-state index in [1.54, 1.807) is 31.9 Å². The first kappa shape index (κ1) is 21.0. The average Bonchev–Trinajstić information content (AvgIpc) is 3.22. The number of nitrogens with zero attached hydrogens (tertiary/aromatic N) is 4. The number of hydrogen-bond acceptors (Lipinski definition) is 11. The van der Waals surface area contributed by atoms with E-state index in [1.165, 1.54) is 30.3 Å². The molecule has 0 aliphatic carbocycles. The summed E-state index contributed by atoms with van der Waals surface area (Å²) in [5, 5.41) is 17.2. The van der Waals surface area contributed by atoms with E-state index in [9.17, 15) is 19.7 Å². The molecule has 1 aromatic carbocycles. The molecule has 1 aromatic rings. The third-order valence-electron chi connectivity index (χ3n) is 4.28. The van der Waals surface area contributed by atoms with Crippen LogP contribution in [-0.4, -0.2) is 51.9 Å². The first-order chi connectivity index (χ1) is 13.7. The van der Waals surface area contributed by atoms with Crippen LogP contribution in [0, 0.1) is 10.1 Å². The van der Waals surface area contributed by atoms with Gasteiger partial charge in [-0.15, -0.1) is 0 Å². The highest BCUT2D eigenvalue weighted by Gasteiger charge is 2.56. The van der Waals surface area contributed by atoms with E-state index < -0.39 is 21.2 Å². The van der Waals surface area contributed by atoms with Crippen LogP contribution >= 0.6 is 23.5 Å². The fraction of sp³-hybridized carbons (Fsp3) is 0.353. The zero-order valence-electron chi connectivity index (χ0n) is 16.1. The van der Waals surface area contributed by atoms with Gasteiger partial charge in [0, 0.05) is 24.9 Å². The number of carbonyl (C=O) groups is 2. The number of anilines is 1. The lowest BCUT2D eigenvalue weighted by atomic mass is 10.3. The first-order valence-corrected chi connectivity index (χ1v) is 10.1. The summed E-state index contributed by atoms with van der Waals surface area (Å²) < 4.78 is 8.86. The van der Waals surface area contributed by atoms with Gasteiger partial charge in [0.2, 0.25) is 9.37 Å². The fourth-order valence-electron chi connectivity index (χ4n) is 2.77. The molecule has 1 spiro atoms. The van der Waals surface area contributed by atoms with E-state index in [1.807, 2.05) is 0 Å². The second-order valence-corrected chi connectivity index (χ2v) is 8.53. The molecule has 29 heavy (non-hydrogen) atoms. The number of nitro groups is 1. The van der Waals surface area contributed by atoms with Crippen molar-refractivity contribution in [2.75, 3.05) is 25.8 Å². The number of esters is 2. The molecule has 1 unspecified atom stereocenters. The minimum Gasteiger partial charge on any atom is -0.465 e. The molecule has 2 aliphatic rings. The molecule has 3 rings (SSSR count). The van der Waals surface area contributed by atoms with Gasteiger partial charge in [-0.05, 0) is 31.7 Å². The highest BCUT2D eigenvalue weighted by molar-refractivity contribution is 8.28. The minimum atomic E-state index is -1.08.